The minimum absolute atomic E-state index is 0.0508. The van der Waals surface area contributed by atoms with Crippen LogP contribution < -0.4 is 5.32 Å². The highest BCUT2D eigenvalue weighted by molar-refractivity contribution is 8.01. The number of likely N-dealkylation sites (N-methyl/N-ethyl adjacent to an activating group) is 1. The molecular weight excluding hydrogens is 543 g/mol. The summed E-state index contributed by atoms with van der Waals surface area (Å²) in [6, 6.07) is -1.89. The van der Waals surface area contributed by atoms with Crippen LogP contribution in [0.5, 0.6) is 0 Å². The molecule has 7 rings (SSSR count). The fourth-order valence-corrected chi connectivity index (χ4v) is 9.38. The lowest BCUT2D eigenvalue weighted by Gasteiger charge is -2.53. The first-order valence-corrected chi connectivity index (χ1v) is 15.5. The first kappa shape index (κ1) is 26.5. The molecule has 0 aromatic rings. The summed E-state index contributed by atoms with van der Waals surface area (Å²) in [6.07, 6.45) is -3.57. The van der Waals surface area contributed by atoms with Crippen LogP contribution >= 0.6 is 19.4 Å². The summed E-state index contributed by atoms with van der Waals surface area (Å²) in [6.45, 7) is 2.40. The maximum atomic E-state index is 13.8. The molecular formula is C22H31N4O10PS. The summed E-state index contributed by atoms with van der Waals surface area (Å²) in [4.78, 5) is 43.4. The zero-order chi connectivity index (χ0) is 27.1. The van der Waals surface area contributed by atoms with Crippen LogP contribution in [0.3, 0.4) is 0 Å². The highest BCUT2D eigenvalue weighted by atomic mass is 32.2. The number of hydrogen-bond acceptors (Lipinski definition) is 11. The molecule has 5 fully saturated rings. The Morgan fingerprint density at radius 3 is 2.71 bits per heavy atom. The number of nitrogens with one attached hydrogen (secondary N) is 1. The van der Waals surface area contributed by atoms with E-state index in [-0.39, 0.29) is 19.4 Å². The summed E-state index contributed by atoms with van der Waals surface area (Å²) < 4.78 is 36.6. The average molecular weight is 575 g/mol. The van der Waals surface area contributed by atoms with Crippen molar-refractivity contribution in [1.29, 1.82) is 0 Å². The summed E-state index contributed by atoms with van der Waals surface area (Å²) in [5.41, 5.74) is 0.719. The first-order valence-electron chi connectivity index (χ1n) is 12.5. The molecule has 0 aliphatic carbocycles. The molecule has 14 nitrogen and oxygen atoms in total. The van der Waals surface area contributed by atoms with E-state index in [2.05, 4.69) is 5.32 Å². The molecule has 3 N–H and O–H groups in total. The molecule has 7 aliphatic heterocycles. The molecule has 1 spiro atoms. The third kappa shape index (κ3) is 3.85. The first-order chi connectivity index (χ1) is 18.0. The maximum absolute atomic E-state index is 13.8. The van der Waals surface area contributed by atoms with E-state index in [0.717, 1.165) is 5.57 Å². The zero-order valence-corrected chi connectivity index (χ0v) is 22.8. The third-order valence-electron chi connectivity index (χ3n) is 8.26. The summed E-state index contributed by atoms with van der Waals surface area (Å²) >= 11 is 1.40. The molecule has 5 saturated heterocycles. The zero-order valence-electron chi connectivity index (χ0n) is 21.1. The highest BCUT2D eigenvalue weighted by Gasteiger charge is 2.65. The number of carbonyl (C=O) groups excluding carboxylic acids is 3. The molecule has 210 valence electrons. The van der Waals surface area contributed by atoms with Gasteiger partial charge in [-0.1, -0.05) is 0 Å². The second-order valence-electron chi connectivity index (χ2n) is 10.5. The number of urea groups is 2. The monoisotopic (exact) mass is 574 g/mol. The Bertz CT molecular complexity index is 1140. The van der Waals surface area contributed by atoms with Crippen molar-refractivity contribution in [2.75, 3.05) is 32.7 Å². The van der Waals surface area contributed by atoms with Crippen LogP contribution in [-0.4, -0.2) is 123 Å². The largest absolute Gasteiger partial charge is 0.394 e. The van der Waals surface area contributed by atoms with Gasteiger partial charge < -0.3 is 33.6 Å². The molecule has 7 heterocycles. The number of hydrogen-bond donors (Lipinski definition) is 3. The van der Waals surface area contributed by atoms with Gasteiger partial charge in [-0.3, -0.25) is 24.5 Å². The lowest BCUT2D eigenvalue weighted by Crippen LogP contribution is -2.72. The Balaban J connectivity index is 1.48. The van der Waals surface area contributed by atoms with Crippen LogP contribution in [0.1, 0.15) is 19.8 Å². The van der Waals surface area contributed by atoms with Crippen LogP contribution in [0.4, 0.5) is 9.59 Å². The van der Waals surface area contributed by atoms with Crippen LogP contribution in [0.25, 0.3) is 0 Å². The van der Waals surface area contributed by atoms with Crippen molar-refractivity contribution in [2.24, 2.45) is 5.92 Å². The van der Waals surface area contributed by atoms with Crippen molar-refractivity contribution in [3.8, 4) is 0 Å². The van der Waals surface area contributed by atoms with Crippen molar-refractivity contribution in [2.45, 2.75) is 67.5 Å². The topological polar surface area (TPSA) is 167 Å². The Labute approximate surface area is 223 Å². The van der Waals surface area contributed by atoms with Crippen LogP contribution in [0.2, 0.25) is 0 Å². The summed E-state index contributed by atoms with van der Waals surface area (Å²) in [5, 5.41) is 23.1. The van der Waals surface area contributed by atoms with Gasteiger partial charge in [-0.2, -0.15) is 0 Å². The van der Waals surface area contributed by atoms with Crippen molar-refractivity contribution >= 4 is 37.3 Å². The van der Waals surface area contributed by atoms with Crippen molar-refractivity contribution in [3.05, 3.63) is 11.8 Å². The Morgan fingerprint density at radius 1 is 1.21 bits per heavy atom. The van der Waals surface area contributed by atoms with Gasteiger partial charge in [0.2, 0.25) is 5.91 Å². The maximum Gasteiger partial charge on any atom is 0.328 e. The number of ether oxygens (including phenoxy) is 2. The minimum atomic E-state index is -3.72. The van der Waals surface area contributed by atoms with Gasteiger partial charge in [0.1, 0.15) is 29.5 Å². The number of fused-ring (bicyclic) bond motifs is 4. The number of nitrogens with zero attached hydrogens (tertiary/aromatic N) is 3. The lowest BCUT2D eigenvalue weighted by atomic mass is 9.85. The van der Waals surface area contributed by atoms with Crippen LogP contribution in [0, 0.1) is 5.92 Å². The Hall–Kier alpha value is -1.71. The van der Waals surface area contributed by atoms with Gasteiger partial charge in [-0.15, -0.1) is 11.8 Å². The van der Waals surface area contributed by atoms with Gasteiger partial charge in [-0.25, -0.2) is 9.59 Å². The number of amides is 5. The van der Waals surface area contributed by atoms with E-state index in [1.165, 1.54) is 33.1 Å². The van der Waals surface area contributed by atoms with E-state index in [0.29, 0.717) is 5.75 Å². The van der Waals surface area contributed by atoms with Crippen molar-refractivity contribution < 1.29 is 47.7 Å². The Kier molecular flexibility index (Phi) is 6.39. The molecule has 6 bridgehead atoms. The average Bonchev–Trinajstić information content (AvgIpc) is 3.54. The second kappa shape index (κ2) is 9.16. The molecule has 0 saturated carbocycles. The van der Waals surface area contributed by atoms with Crippen molar-refractivity contribution in [3.63, 3.8) is 0 Å². The quantitative estimate of drug-likeness (QED) is 0.362. The van der Waals surface area contributed by atoms with E-state index in [4.69, 9.17) is 18.5 Å². The third-order valence-corrected chi connectivity index (χ3v) is 11.3. The predicted molar refractivity (Wildman–Crippen MR) is 131 cm³/mol. The molecule has 0 aromatic carbocycles. The smallest absolute Gasteiger partial charge is 0.328 e. The molecule has 0 aromatic heterocycles. The number of aliphatic hydroxyl groups is 2. The molecule has 16 heteroatoms. The summed E-state index contributed by atoms with van der Waals surface area (Å²) in [5.74, 6) is -0.739. The van der Waals surface area contributed by atoms with E-state index in [1.54, 1.807) is 13.2 Å². The van der Waals surface area contributed by atoms with E-state index in [9.17, 15) is 29.2 Å². The SMILES string of the molecule is CC1=CN2C(=O)N(C)[C@]13SC[C@H]1C(=O)NC(=O)N([C@H]4C[C@H](O[P@](C)(=O)OC[C@H]5O[C@@H]2C[C@@H]5O)[C@@H](CO)O4)[C@H]13. The van der Waals surface area contributed by atoms with Gasteiger partial charge in [0, 0.05) is 38.5 Å². The number of carbonyl (C=O) groups is 3. The van der Waals surface area contributed by atoms with Gasteiger partial charge in [-0.05, 0) is 12.5 Å². The van der Waals surface area contributed by atoms with Crippen LogP contribution in [0.15, 0.2) is 11.8 Å². The van der Waals surface area contributed by atoms with Crippen LogP contribution in [-0.2, 0) is 27.9 Å². The minimum Gasteiger partial charge on any atom is -0.394 e. The van der Waals surface area contributed by atoms with E-state index >= 15 is 0 Å². The van der Waals surface area contributed by atoms with Gasteiger partial charge in [0.25, 0.3) is 0 Å². The number of imide groups is 1. The molecule has 0 radical (unpaired) electrons. The van der Waals surface area contributed by atoms with Gasteiger partial charge >= 0.3 is 19.7 Å². The van der Waals surface area contributed by atoms with Crippen molar-refractivity contribution in [1.82, 2.24) is 20.0 Å². The summed E-state index contributed by atoms with van der Waals surface area (Å²) in [7, 11) is -2.10. The standard InChI is InChI=1S/C22H31N4O10PS/c1-10-6-25-16-4-12(28)15(35-16)8-33-37(3,32)36-13-5-17(34-14(13)7-27)26-18-11(19(29)23-20(26)30)9-38-22(10,18)24(2)21(25)31/h6,11-18,27-28H,4-5,7-9H2,1-3H3,(H,23,29,30)/t11-,12+,13+,14-,15-,16-,17-,18-,22+,37-/m1/s1. The molecule has 5 amide bonds. The lowest BCUT2D eigenvalue weighted by molar-refractivity contribution is -0.135. The highest BCUT2D eigenvalue weighted by Crippen LogP contribution is 2.55. The number of thioether (sulfide) groups is 1. The van der Waals surface area contributed by atoms with Gasteiger partial charge in [0.05, 0.1) is 37.4 Å². The second-order valence-corrected chi connectivity index (χ2v) is 13.8. The molecule has 0 unspecified atom stereocenters. The Morgan fingerprint density at radius 2 is 1.97 bits per heavy atom. The number of rotatable bonds is 1. The number of aliphatic hydroxyl groups excluding tert-OH is 2. The van der Waals surface area contributed by atoms with E-state index < -0.39 is 85.9 Å². The molecule has 7 aliphatic rings. The predicted octanol–water partition coefficient (Wildman–Crippen LogP) is 0.0588. The van der Waals surface area contributed by atoms with Gasteiger partial charge in [0.15, 0.2) is 0 Å². The molecule has 10 atom stereocenters. The fraction of sp³-hybridized carbons (Fsp3) is 0.773. The normalized spacial score (nSPS) is 46.9. The molecule has 38 heavy (non-hydrogen) atoms. The van der Waals surface area contributed by atoms with E-state index in [1.807, 2.05) is 6.92 Å². The fourth-order valence-electron chi connectivity index (χ4n) is 6.42.